The van der Waals surface area contributed by atoms with Gasteiger partial charge in [0, 0.05) is 12.5 Å². The molecule has 3 rings (SSSR count). The fourth-order valence-corrected chi connectivity index (χ4v) is 2.24. The van der Waals surface area contributed by atoms with Crippen LogP contribution >= 0.6 is 0 Å². The van der Waals surface area contributed by atoms with Gasteiger partial charge in [0.1, 0.15) is 23.7 Å². The quantitative estimate of drug-likeness (QED) is 0.917. The van der Waals surface area contributed by atoms with Gasteiger partial charge in [-0.15, -0.1) is 0 Å². The molecule has 1 atom stereocenters. The van der Waals surface area contributed by atoms with E-state index in [0.29, 0.717) is 6.54 Å². The molecule has 106 valence electrons. The Morgan fingerprint density at radius 3 is 2.95 bits per heavy atom. The highest BCUT2D eigenvalue weighted by molar-refractivity contribution is 5.37. The predicted molar refractivity (Wildman–Crippen MR) is 65.0 cm³/mol. The maximum absolute atomic E-state index is 12.6. The molecular formula is C12H12F3N5. The van der Waals surface area contributed by atoms with E-state index in [2.05, 4.69) is 20.4 Å². The molecule has 20 heavy (non-hydrogen) atoms. The lowest BCUT2D eigenvalue weighted by molar-refractivity contribution is -0.141. The number of aromatic nitrogens is 4. The molecule has 8 heteroatoms. The summed E-state index contributed by atoms with van der Waals surface area (Å²) in [5.74, 6) is 1.13. The maximum atomic E-state index is 12.6. The van der Waals surface area contributed by atoms with Crippen LogP contribution in [0.2, 0.25) is 0 Å². The Balaban J connectivity index is 1.73. The van der Waals surface area contributed by atoms with Crippen molar-refractivity contribution in [1.29, 1.82) is 0 Å². The molecule has 1 unspecified atom stereocenters. The molecule has 1 aliphatic heterocycles. The van der Waals surface area contributed by atoms with E-state index in [4.69, 9.17) is 0 Å². The summed E-state index contributed by atoms with van der Waals surface area (Å²) in [7, 11) is 0. The van der Waals surface area contributed by atoms with Crippen LogP contribution < -0.4 is 5.32 Å². The monoisotopic (exact) mass is 283 g/mol. The Morgan fingerprint density at radius 2 is 2.15 bits per heavy atom. The van der Waals surface area contributed by atoms with Crippen LogP contribution in [-0.4, -0.2) is 25.8 Å². The molecule has 0 radical (unpaired) electrons. The number of pyridine rings is 1. The molecule has 3 heterocycles. The van der Waals surface area contributed by atoms with Gasteiger partial charge in [0.25, 0.3) is 0 Å². The number of alkyl halides is 3. The summed E-state index contributed by atoms with van der Waals surface area (Å²) >= 11 is 0. The first-order valence-electron chi connectivity index (χ1n) is 6.20. The van der Waals surface area contributed by atoms with Gasteiger partial charge in [0.05, 0.1) is 6.54 Å². The summed E-state index contributed by atoms with van der Waals surface area (Å²) < 4.78 is 39.5. The third-order valence-corrected chi connectivity index (χ3v) is 3.20. The van der Waals surface area contributed by atoms with Crippen LogP contribution in [0.15, 0.2) is 24.5 Å². The lowest BCUT2D eigenvalue weighted by Crippen LogP contribution is -2.32. The third kappa shape index (κ3) is 2.59. The molecule has 2 aromatic rings. The molecule has 1 N–H and O–H groups in total. The second-order valence-electron chi connectivity index (χ2n) is 4.64. The Bertz CT molecular complexity index is 607. The van der Waals surface area contributed by atoms with Crippen molar-refractivity contribution in [1.82, 2.24) is 19.7 Å². The lowest BCUT2D eigenvalue weighted by atomic mass is 10.1. The van der Waals surface area contributed by atoms with Gasteiger partial charge in [-0.1, -0.05) is 6.07 Å². The molecule has 0 bridgehead atoms. The van der Waals surface area contributed by atoms with E-state index in [-0.39, 0.29) is 11.9 Å². The summed E-state index contributed by atoms with van der Waals surface area (Å²) in [6.07, 6.45) is -1.41. The Hall–Kier alpha value is -2.12. The predicted octanol–water partition coefficient (Wildman–Crippen LogP) is 2.12. The van der Waals surface area contributed by atoms with Crippen LogP contribution in [0.4, 0.5) is 19.0 Å². The van der Waals surface area contributed by atoms with E-state index < -0.39 is 11.9 Å². The van der Waals surface area contributed by atoms with E-state index in [1.807, 2.05) is 0 Å². The molecule has 0 aromatic carbocycles. The standard InChI is InChI=1S/C12H12F3N5/c13-12(14,15)9-2-1-3-10(19-9)18-8-4-5-11-16-7-17-20(11)6-8/h1-3,7-8H,4-6H2,(H,18,19). The highest BCUT2D eigenvalue weighted by Gasteiger charge is 2.32. The molecule has 1 aliphatic rings. The number of rotatable bonds is 2. The number of halogens is 3. The minimum atomic E-state index is -4.43. The molecule has 5 nitrogen and oxygen atoms in total. The Labute approximate surface area is 112 Å². The largest absolute Gasteiger partial charge is 0.433 e. The fraction of sp³-hybridized carbons (Fsp3) is 0.417. The highest BCUT2D eigenvalue weighted by Crippen LogP contribution is 2.28. The van der Waals surface area contributed by atoms with Gasteiger partial charge in [0.15, 0.2) is 0 Å². The minimum absolute atomic E-state index is 0.000170. The topological polar surface area (TPSA) is 55.6 Å². The van der Waals surface area contributed by atoms with Gasteiger partial charge in [-0.05, 0) is 18.6 Å². The Morgan fingerprint density at radius 1 is 1.30 bits per heavy atom. The van der Waals surface area contributed by atoms with E-state index >= 15 is 0 Å². The van der Waals surface area contributed by atoms with Crippen molar-refractivity contribution in [3.63, 3.8) is 0 Å². The van der Waals surface area contributed by atoms with Crippen molar-refractivity contribution in [2.24, 2.45) is 0 Å². The zero-order valence-electron chi connectivity index (χ0n) is 10.4. The second kappa shape index (κ2) is 4.77. The van der Waals surface area contributed by atoms with Crippen molar-refractivity contribution in [2.45, 2.75) is 31.6 Å². The van der Waals surface area contributed by atoms with E-state index in [9.17, 15) is 13.2 Å². The van der Waals surface area contributed by atoms with Crippen LogP contribution in [0.5, 0.6) is 0 Å². The van der Waals surface area contributed by atoms with Crippen molar-refractivity contribution in [3.05, 3.63) is 36.0 Å². The maximum Gasteiger partial charge on any atom is 0.433 e. The first kappa shape index (κ1) is 12.9. The van der Waals surface area contributed by atoms with Crippen LogP contribution in [0.25, 0.3) is 0 Å². The molecule has 0 saturated carbocycles. The van der Waals surface area contributed by atoms with Gasteiger partial charge in [-0.3, -0.25) is 0 Å². The molecule has 2 aromatic heterocycles. The van der Waals surface area contributed by atoms with Gasteiger partial charge >= 0.3 is 6.18 Å². The molecule has 0 aliphatic carbocycles. The average Bonchev–Trinajstić information content (AvgIpc) is 2.85. The Kier molecular flexibility index (Phi) is 3.07. The number of hydrogen-bond donors (Lipinski definition) is 1. The van der Waals surface area contributed by atoms with Gasteiger partial charge in [0.2, 0.25) is 0 Å². The summed E-state index contributed by atoms with van der Waals surface area (Å²) in [6.45, 7) is 0.577. The summed E-state index contributed by atoms with van der Waals surface area (Å²) in [4.78, 5) is 7.70. The number of anilines is 1. The highest BCUT2D eigenvalue weighted by atomic mass is 19.4. The number of fused-ring (bicyclic) bond motifs is 1. The van der Waals surface area contributed by atoms with Crippen molar-refractivity contribution in [2.75, 3.05) is 5.32 Å². The zero-order valence-corrected chi connectivity index (χ0v) is 10.4. The summed E-state index contributed by atoms with van der Waals surface area (Å²) in [5.41, 5.74) is -0.889. The number of nitrogens with one attached hydrogen (secondary N) is 1. The van der Waals surface area contributed by atoms with Crippen molar-refractivity contribution in [3.8, 4) is 0 Å². The molecule has 0 saturated heterocycles. The smallest absolute Gasteiger partial charge is 0.365 e. The van der Waals surface area contributed by atoms with E-state index in [1.54, 1.807) is 4.68 Å². The SMILES string of the molecule is FC(F)(F)c1cccc(NC2CCc3ncnn3C2)n1. The van der Waals surface area contributed by atoms with E-state index in [1.165, 1.54) is 18.5 Å². The van der Waals surface area contributed by atoms with Crippen molar-refractivity contribution >= 4 is 5.82 Å². The third-order valence-electron chi connectivity index (χ3n) is 3.20. The lowest BCUT2D eigenvalue weighted by Gasteiger charge is -2.24. The number of nitrogens with zero attached hydrogens (tertiary/aromatic N) is 4. The fourth-order valence-electron chi connectivity index (χ4n) is 2.24. The minimum Gasteiger partial charge on any atom is -0.365 e. The first-order chi connectivity index (χ1) is 9.52. The number of hydrogen-bond acceptors (Lipinski definition) is 4. The molecule has 0 spiro atoms. The van der Waals surface area contributed by atoms with Crippen LogP contribution in [0, 0.1) is 0 Å². The van der Waals surface area contributed by atoms with Gasteiger partial charge < -0.3 is 5.32 Å². The van der Waals surface area contributed by atoms with Crippen LogP contribution in [-0.2, 0) is 19.1 Å². The van der Waals surface area contributed by atoms with E-state index in [0.717, 1.165) is 24.7 Å². The normalized spacial score (nSPS) is 18.6. The molecule has 0 amide bonds. The van der Waals surface area contributed by atoms with Crippen LogP contribution in [0.1, 0.15) is 17.9 Å². The van der Waals surface area contributed by atoms with Gasteiger partial charge in [-0.2, -0.15) is 18.3 Å². The van der Waals surface area contributed by atoms with Crippen LogP contribution in [0.3, 0.4) is 0 Å². The zero-order chi connectivity index (χ0) is 14.2. The first-order valence-corrected chi connectivity index (χ1v) is 6.20. The van der Waals surface area contributed by atoms with Gasteiger partial charge in [-0.25, -0.2) is 14.6 Å². The summed E-state index contributed by atoms with van der Waals surface area (Å²) in [5, 5.41) is 7.09. The average molecular weight is 283 g/mol. The van der Waals surface area contributed by atoms with Crippen molar-refractivity contribution < 1.29 is 13.2 Å². The second-order valence-corrected chi connectivity index (χ2v) is 4.64. The number of aryl methyl sites for hydroxylation is 1. The molecular weight excluding hydrogens is 271 g/mol. The summed E-state index contributed by atoms with van der Waals surface area (Å²) in [6, 6.07) is 3.84. The molecule has 0 fully saturated rings.